The van der Waals surface area contributed by atoms with Crippen LogP contribution < -0.4 is 10.2 Å². The number of nitrogens with one attached hydrogen (secondary N) is 1. The molecule has 1 aromatic carbocycles. The lowest BCUT2D eigenvalue weighted by Crippen LogP contribution is -2.39. The van der Waals surface area contributed by atoms with Crippen molar-refractivity contribution in [3.63, 3.8) is 0 Å². The minimum Gasteiger partial charge on any atom is -0.481 e. The molecule has 2 N–H and O–H groups in total. The van der Waals surface area contributed by atoms with Crippen LogP contribution in [-0.2, 0) is 9.53 Å². The number of rotatable bonds is 7. The Balaban J connectivity index is 1.82. The number of benzene rings is 1. The third kappa shape index (κ3) is 4.54. The number of carbonyl (C=O) groups excluding carboxylic acids is 2. The number of ether oxygens (including phenoxy) is 1. The van der Waals surface area contributed by atoms with Crippen LogP contribution in [0.2, 0.25) is 0 Å². The lowest BCUT2D eigenvalue weighted by atomic mass is 10.1. The van der Waals surface area contributed by atoms with E-state index in [1.165, 1.54) is 21.9 Å². The highest BCUT2D eigenvalue weighted by Gasteiger charge is 2.27. The predicted molar refractivity (Wildman–Crippen MR) is 94.3 cm³/mol. The van der Waals surface area contributed by atoms with Crippen LogP contribution in [0.25, 0.3) is 0 Å². The van der Waals surface area contributed by atoms with Crippen LogP contribution in [0.3, 0.4) is 0 Å². The summed E-state index contributed by atoms with van der Waals surface area (Å²) >= 11 is 0. The molecular weight excluding hydrogens is 357 g/mol. The minimum atomic E-state index is -1.04. The first-order valence-electron chi connectivity index (χ1n) is 8.93. The van der Waals surface area contributed by atoms with Crippen molar-refractivity contribution in [2.24, 2.45) is 0 Å². The third-order valence-electron chi connectivity index (χ3n) is 4.68. The van der Waals surface area contributed by atoms with Gasteiger partial charge in [0.05, 0.1) is 18.1 Å². The summed E-state index contributed by atoms with van der Waals surface area (Å²) in [7, 11) is 0. The number of carbonyl (C=O) groups is 3. The summed E-state index contributed by atoms with van der Waals surface area (Å²) in [6, 6.07) is 3.63. The van der Waals surface area contributed by atoms with Gasteiger partial charge < -0.3 is 20.1 Å². The molecule has 2 heterocycles. The van der Waals surface area contributed by atoms with Crippen LogP contribution in [0.4, 0.5) is 14.9 Å². The topological polar surface area (TPSA) is 99.2 Å². The van der Waals surface area contributed by atoms with E-state index >= 15 is 0 Å². The van der Waals surface area contributed by atoms with Gasteiger partial charge >= 0.3 is 12.0 Å². The lowest BCUT2D eigenvalue weighted by Gasteiger charge is -2.26. The maximum absolute atomic E-state index is 14.4. The molecule has 0 radical (unpaired) electrons. The Morgan fingerprint density at radius 1 is 1.41 bits per heavy atom. The second-order valence-corrected chi connectivity index (χ2v) is 6.58. The maximum Gasteiger partial charge on any atom is 0.321 e. The fourth-order valence-electron chi connectivity index (χ4n) is 3.27. The first-order valence-corrected chi connectivity index (χ1v) is 8.93. The number of carboxylic acids is 1. The van der Waals surface area contributed by atoms with E-state index in [0.29, 0.717) is 25.4 Å². The Labute approximate surface area is 155 Å². The van der Waals surface area contributed by atoms with Crippen molar-refractivity contribution < 1.29 is 28.6 Å². The number of urea groups is 1. The van der Waals surface area contributed by atoms with E-state index in [1.807, 2.05) is 0 Å². The number of aliphatic carboxylic acids is 1. The number of halogens is 1. The SMILES string of the molecule is O=C(O)CCN(C[C@@H]1CCCO1)C(=O)c1cc(N2CCNC2=O)ccc1F. The van der Waals surface area contributed by atoms with E-state index in [0.717, 1.165) is 18.9 Å². The summed E-state index contributed by atoms with van der Waals surface area (Å²) in [5.41, 5.74) is 0.237. The van der Waals surface area contributed by atoms with Gasteiger partial charge in [-0.05, 0) is 31.0 Å². The van der Waals surface area contributed by atoms with Gasteiger partial charge in [0.25, 0.3) is 5.91 Å². The van der Waals surface area contributed by atoms with Crippen molar-refractivity contribution >= 4 is 23.6 Å². The van der Waals surface area contributed by atoms with Crippen LogP contribution in [0, 0.1) is 5.82 Å². The van der Waals surface area contributed by atoms with Crippen LogP contribution in [0.15, 0.2) is 18.2 Å². The highest BCUT2D eigenvalue weighted by molar-refractivity contribution is 5.98. The predicted octanol–water partition coefficient (Wildman–Crippen LogP) is 1.45. The molecule has 2 aliphatic heterocycles. The molecule has 27 heavy (non-hydrogen) atoms. The fourth-order valence-corrected chi connectivity index (χ4v) is 3.27. The van der Waals surface area contributed by atoms with Crippen molar-refractivity contribution in [1.82, 2.24) is 10.2 Å². The van der Waals surface area contributed by atoms with Crippen molar-refractivity contribution in [1.29, 1.82) is 0 Å². The smallest absolute Gasteiger partial charge is 0.321 e. The zero-order chi connectivity index (χ0) is 19.4. The lowest BCUT2D eigenvalue weighted by molar-refractivity contribution is -0.137. The largest absolute Gasteiger partial charge is 0.481 e. The number of hydrogen-bond acceptors (Lipinski definition) is 4. The van der Waals surface area contributed by atoms with Gasteiger partial charge in [-0.25, -0.2) is 9.18 Å². The third-order valence-corrected chi connectivity index (χ3v) is 4.68. The van der Waals surface area contributed by atoms with Gasteiger partial charge in [-0.2, -0.15) is 0 Å². The van der Waals surface area contributed by atoms with Gasteiger partial charge in [0.15, 0.2) is 0 Å². The standard InChI is InChI=1S/C18H22FN3O5/c19-15-4-3-12(22-8-6-20-18(22)26)10-14(15)17(25)21(7-5-16(23)24)11-13-2-1-9-27-13/h3-4,10,13H,1-2,5-9,11H2,(H,20,26)(H,23,24)/t13-/m0/s1. The average Bonchev–Trinajstić information content (AvgIpc) is 3.30. The van der Waals surface area contributed by atoms with Crippen molar-refractivity contribution in [3.8, 4) is 0 Å². The van der Waals surface area contributed by atoms with Crippen LogP contribution in [0.1, 0.15) is 29.6 Å². The molecule has 0 unspecified atom stereocenters. The van der Waals surface area contributed by atoms with Gasteiger partial charge in [0.2, 0.25) is 0 Å². The van der Waals surface area contributed by atoms with E-state index in [4.69, 9.17) is 9.84 Å². The Morgan fingerprint density at radius 3 is 2.85 bits per heavy atom. The van der Waals surface area contributed by atoms with E-state index in [9.17, 15) is 18.8 Å². The monoisotopic (exact) mass is 379 g/mol. The zero-order valence-corrected chi connectivity index (χ0v) is 14.8. The molecule has 146 valence electrons. The molecule has 3 rings (SSSR count). The molecule has 0 bridgehead atoms. The van der Waals surface area contributed by atoms with Crippen LogP contribution >= 0.6 is 0 Å². The van der Waals surface area contributed by atoms with Gasteiger partial charge in [0, 0.05) is 38.5 Å². The van der Waals surface area contributed by atoms with Crippen LogP contribution in [-0.4, -0.2) is 66.8 Å². The van der Waals surface area contributed by atoms with E-state index in [1.54, 1.807) is 0 Å². The van der Waals surface area contributed by atoms with Crippen molar-refractivity contribution in [3.05, 3.63) is 29.6 Å². The number of hydrogen-bond donors (Lipinski definition) is 2. The Kier molecular flexibility index (Phi) is 5.90. The summed E-state index contributed by atoms with van der Waals surface area (Å²) in [4.78, 5) is 38.4. The highest BCUT2D eigenvalue weighted by Crippen LogP contribution is 2.23. The molecule has 8 nitrogen and oxygen atoms in total. The zero-order valence-electron chi connectivity index (χ0n) is 14.8. The molecule has 1 atom stereocenters. The van der Waals surface area contributed by atoms with Gasteiger partial charge in [-0.3, -0.25) is 14.5 Å². The number of amides is 3. The Hall–Kier alpha value is -2.68. The molecule has 3 amide bonds. The molecule has 2 saturated heterocycles. The summed E-state index contributed by atoms with van der Waals surface area (Å²) in [5, 5.41) is 11.6. The maximum atomic E-state index is 14.4. The Bertz CT molecular complexity index is 736. The number of carboxylic acid groups (broad SMARTS) is 1. The van der Waals surface area contributed by atoms with Crippen molar-refractivity contribution in [2.75, 3.05) is 37.7 Å². The second-order valence-electron chi connectivity index (χ2n) is 6.58. The molecule has 2 fully saturated rings. The number of nitrogens with zero attached hydrogens (tertiary/aromatic N) is 2. The normalized spacial score (nSPS) is 19.2. The molecular formula is C18H22FN3O5. The van der Waals surface area contributed by atoms with E-state index < -0.39 is 17.7 Å². The summed E-state index contributed by atoms with van der Waals surface area (Å²) < 4.78 is 19.9. The molecule has 0 spiro atoms. The summed E-state index contributed by atoms with van der Waals surface area (Å²) in [5.74, 6) is -2.36. The molecule has 2 aliphatic rings. The highest BCUT2D eigenvalue weighted by atomic mass is 19.1. The molecule has 1 aromatic rings. The number of anilines is 1. The molecule has 0 saturated carbocycles. The second kappa shape index (κ2) is 8.34. The Morgan fingerprint density at radius 2 is 2.22 bits per heavy atom. The van der Waals surface area contributed by atoms with Crippen LogP contribution in [0.5, 0.6) is 0 Å². The summed E-state index contributed by atoms with van der Waals surface area (Å²) in [6.45, 7) is 1.67. The molecule has 9 heteroatoms. The quantitative estimate of drug-likeness (QED) is 0.747. The van der Waals surface area contributed by atoms with Gasteiger partial charge in [-0.15, -0.1) is 0 Å². The minimum absolute atomic E-state index is 0.0398. The molecule has 0 aromatic heterocycles. The first-order chi connectivity index (χ1) is 13.0. The average molecular weight is 379 g/mol. The van der Waals surface area contributed by atoms with Gasteiger partial charge in [-0.1, -0.05) is 0 Å². The van der Waals surface area contributed by atoms with E-state index in [-0.39, 0.29) is 37.2 Å². The van der Waals surface area contributed by atoms with Crippen molar-refractivity contribution in [2.45, 2.75) is 25.4 Å². The fraction of sp³-hybridized carbons (Fsp3) is 0.500. The van der Waals surface area contributed by atoms with E-state index in [2.05, 4.69) is 5.32 Å². The van der Waals surface area contributed by atoms with Gasteiger partial charge in [0.1, 0.15) is 5.82 Å². The molecule has 0 aliphatic carbocycles. The first kappa shape index (κ1) is 19.1. The summed E-state index contributed by atoms with van der Waals surface area (Å²) in [6.07, 6.45) is 1.22.